The summed E-state index contributed by atoms with van der Waals surface area (Å²) in [6, 6.07) is 8.95. The molecular weight excluding hydrogens is 466 g/mol. The first-order valence-corrected chi connectivity index (χ1v) is 12.3. The number of carbonyl (C=O) groups is 1. The van der Waals surface area contributed by atoms with E-state index in [1.165, 1.54) is 30.4 Å². The lowest BCUT2D eigenvalue weighted by molar-refractivity contribution is 0.203. The van der Waals surface area contributed by atoms with E-state index < -0.39 is 6.09 Å². The van der Waals surface area contributed by atoms with Gasteiger partial charge in [-0.05, 0) is 38.1 Å². The van der Waals surface area contributed by atoms with Crippen LogP contribution in [0.2, 0.25) is 0 Å². The molecule has 0 spiro atoms. The number of thiazole rings is 1. The Morgan fingerprint density at radius 2 is 1.89 bits per heavy atom. The third kappa shape index (κ3) is 4.88. The average molecular weight is 494 g/mol. The van der Waals surface area contributed by atoms with Crippen LogP contribution in [0, 0.1) is 0 Å². The van der Waals surface area contributed by atoms with Crippen LogP contribution in [0.25, 0.3) is 17.0 Å². The number of fused-ring (bicyclic) bond motifs is 1. The number of anilines is 3. The van der Waals surface area contributed by atoms with Gasteiger partial charge in [0.15, 0.2) is 11.5 Å². The summed E-state index contributed by atoms with van der Waals surface area (Å²) in [4.78, 5) is 29.7. The number of hydrogen-bond donors (Lipinski definition) is 2. The minimum atomic E-state index is -0.571. The first-order valence-electron chi connectivity index (χ1n) is 11.4. The molecule has 35 heavy (non-hydrogen) atoms. The van der Waals surface area contributed by atoms with Crippen LogP contribution in [0.5, 0.6) is 5.19 Å². The van der Waals surface area contributed by atoms with Crippen molar-refractivity contribution in [1.29, 1.82) is 0 Å². The highest BCUT2D eigenvalue weighted by atomic mass is 32.1. The lowest BCUT2D eigenvalue weighted by atomic mass is 10.2. The number of benzene rings is 1. The van der Waals surface area contributed by atoms with Gasteiger partial charge in [0, 0.05) is 56.0 Å². The molecule has 1 aromatic carbocycles. The van der Waals surface area contributed by atoms with E-state index in [0.717, 1.165) is 31.9 Å². The van der Waals surface area contributed by atoms with Crippen LogP contribution in [0.15, 0.2) is 42.2 Å². The maximum atomic E-state index is 11.4. The first-order chi connectivity index (χ1) is 17.0. The largest absolute Gasteiger partial charge is 0.414 e. The number of nitrogens with one attached hydrogen (secondary N) is 2. The fraction of sp³-hybridized carbons (Fsp3) is 0.348. The van der Waals surface area contributed by atoms with Crippen molar-refractivity contribution in [3.63, 3.8) is 0 Å². The normalized spacial score (nSPS) is 14.5. The molecule has 182 valence electrons. The molecule has 1 saturated heterocycles. The molecule has 1 aliphatic rings. The van der Waals surface area contributed by atoms with Crippen molar-refractivity contribution >= 4 is 40.3 Å². The molecular formula is C23H27N9O2S. The Balaban J connectivity index is 1.31. The van der Waals surface area contributed by atoms with E-state index in [1.807, 2.05) is 0 Å². The lowest BCUT2D eigenvalue weighted by Crippen LogP contribution is -2.48. The molecule has 4 aromatic rings. The van der Waals surface area contributed by atoms with Crippen LogP contribution in [-0.4, -0.2) is 74.8 Å². The standard InChI is InChI=1S/C23H27N9O2S/c1-15(2)30-8-10-31(11-9-30)17-6-4-16(5-7-17)28-20-21-26-14-27-32(21)19(12-25-20)18-13-35-23(29-18)34-22(33)24-3/h4-7,12-15H,8-11H2,1-3H3,(H,24,33)(H,25,28). The molecule has 1 amide bonds. The molecule has 3 aromatic heterocycles. The van der Waals surface area contributed by atoms with Gasteiger partial charge in [0.1, 0.15) is 17.7 Å². The van der Waals surface area contributed by atoms with Crippen LogP contribution in [0.1, 0.15) is 13.8 Å². The number of rotatable bonds is 6. The summed E-state index contributed by atoms with van der Waals surface area (Å²) in [5, 5.41) is 12.1. The smallest absolute Gasteiger partial charge is 0.381 e. The second-order valence-electron chi connectivity index (χ2n) is 8.41. The molecule has 0 aliphatic carbocycles. The van der Waals surface area contributed by atoms with Crippen LogP contribution >= 0.6 is 11.3 Å². The van der Waals surface area contributed by atoms with Gasteiger partial charge < -0.3 is 20.3 Å². The summed E-state index contributed by atoms with van der Waals surface area (Å²) in [5.41, 5.74) is 3.92. The monoisotopic (exact) mass is 493 g/mol. The van der Waals surface area contributed by atoms with Gasteiger partial charge in [0.05, 0.1) is 6.20 Å². The number of nitrogens with zero attached hydrogens (tertiary/aromatic N) is 7. The van der Waals surface area contributed by atoms with Crippen molar-refractivity contribution in [1.82, 2.24) is 34.8 Å². The molecule has 4 heterocycles. The van der Waals surface area contributed by atoms with E-state index >= 15 is 0 Å². The summed E-state index contributed by atoms with van der Waals surface area (Å²) >= 11 is 1.21. The Labute approximate surface area is 206 Å². The van der Waals surface area contributed by atoms with Crippen molar-refractivity contribution < 1.29 is 9.53 Å². The zero-order valence-corrected chi connectivity index (χ0v) is 20.6. The summed E-state index contributed by atoms with van der Waals surface area (Å²) in [6.45, 7) is 8.72. The van der Waals surface area contributed by atoms with Crippen molar-refractivity contribution in [2.24, 2.45) is 0 Å². The van der Waals surface area contributed by atoms with Crippen molar-refractivity contribution in [3.8, 4) is 16.6 Å². The Hall–Kier alpha value is -3.77. The topological polar surface area (TPSA) is 113 Å². The summed E-state index contributed by atoms with van der Waals surface area (Å²) in [5.74, 6) is 0.585. The van der Waals surface area contributed by atoms with Gasteiger partial charge in [0.2, 0.25) is 0 Å². The number of carbonyl (C=O) groups excluding carboxylic acids is 1. The minimum Gasteiger partial charge on any atom is -0.381 e. The molecule has 2 N–H and O–H groups in total. The van der Waals surface area contributed by atoms with E-state index in [-0.39, 0.29) is 5.19 Å². The van der Waals surface area contributed by atoms with Gasteiger partial charge in [-0.15, -0.1) is 0 Å². The van der Waals surface area contributed by atoms with Gasteiger partial charge in [0.25, 0.3) is 5.19 Å². The summed E-state index contributed by atoms with van der Waals surface area (Å²) in [7, 11) is 1.49. The molecule has 1 aliphatic heterocycles. The predicted octanol–water partition coefficient (Wildman–Crippen LogP) is 3.24. The molecule has 0 atom stereocenters. The van der Waals surface area contributed by atoms with Gasteiger partial charge in [-0.25, -0.2) is 24.3 Å². The fourth-order valence-corrected chi connectivity index (χ4v) is 4.68. The van der Waals surface area contributed by atoms with Crippen LogP contribution < -0.4 is 20.3 Å². The lowest BCUT2D eigenvalue weighted by Gasteiger charge is -2.38. The quantitative estimate of drug-likeness (QED) is 0.418. The second kappa shape index (κ2) is 9.84. The van der Waals surface area contributed by atoms with E-state index in [4.69, 9.17) is 4.74 Å². The molecule has 0 bridgehead atoms. The first kappa shape index (κ1) is 23.0. The van der Waals surface area contributed by atoms with Crippen molar-refractivity contribution in [2.75, 3.05) is 43.4 Å². The third-order valence-corrected chi connectivity index (χ3v) is 6.69. The van der Waals surface area contributed by atoms with E-state index in [1.54, 1.807) is 16.1 Å². The van der Waals surface area contributed by atoms with E-state index in [2.05, 4.69) is 78.6 Å². The third-order valence-electron chi connectivity index (χ3n) is 5.97. The number of amides is 1. The Morgan fingerprint density at radius 3 is 2.60 bits per heavy atom. The van der Waals surface area contributed by atoms with Crippen LogP contribution in [0.3, 0.4) is 0 Å². The van der Waals surface area contributed by atoms with Gasteiger partial charge >= 0.3 is 6.09 Å². The second-order valence-corrected chi connectivity index (χ2v) is 9.23. The SMILES string of the molecule is CNC(=O)Oc1nc(-c2cnc(Nc3ccc(N4CCN(C(C)C)CC4)cc3)c3ncnn23)cs1. The highest BCUT2D eigenvalue weighted by Gasteiger charge is 2.19. The highest BCUT2D eigenvalue weighted by molar-refractivity contribution is 7.11. The Morgan fingerprint density at radius 1 is 1.11 bits per heavy atom. The van der Waals surface area contributed by atoms with Gasteiger partial charge in [-0.3, -0.25) is 4.90 Å². The van der Waals surface area contributed by atoms with Crippen LogP contribution in [-0.2, 0) is 0 Å². The highest BCUT2D eigenvalue weighted by Crippen LogP contribution is 2.29. The van der Waals surface area contributed by atoms with Crippen molar-refractivity contribution in [2.45, 2.75) is 19.9 Å². The average Bonchev–Trinajstić information content (AvgIpc) is 3.55. The van der Waals surface area contributed by atoms with Gasteiger partial charge in [-0.2, -0.15) is 5.10 Å². The van der Waals surface area contributed by atoms with E-state index in [0.29, 0.717) is 28.9 Å². The Kier molecular flexibility index (Phi) is 6.47. The van der Waals surface area contributed by atoms with Crippen molar-refractivity contribution in [3.05, 3.63) is 42.2 Å². The Bertz CT molecular complexity index is 1310. The molecule has 0 radical (unpaired) electrons. The molecule has 12 heteroatoms. The summed E-state index contributed by atoms with van der Waals surface area (Å²) < 4.78 is 6.77. The fourth-order valence-electron chi connectivity index (χ4n) is 4.02. The minimum absolute atomic E-state index is 0.237. The zero-order valence-electron chi connectivity index (χ0n) is 19.8. The maximum absolute atomic E-state index is 11.4. The number of aromatic nitrogens is 5. The number of hydrogen-bond acceptors (Lipinski definition) is 10. The molecule has 11 nitrogen and oxygen atoms in total. The predicted molar refractivity (Wildman–Crippen MR) is 136 cm³/mol. The van der Waals surface area contributed by atoms with Crippen LogP contribution in [0.4, 0.5) is 22.0 Å². The molecule has 5 rings (SSSR count). The molecule has 0 saturated carbocycles. The number of ether oxygens (including phenoxy) is 1. The number of piperazine rings is 1. The van der Waals surface area contributed by atoms with E-state index in [9.17, 15) is 4.79 Å². The zero-order chi connectivity index (χ0) is 24.4. The summed E-state index contributed by atoms with van der Waals surface area (Å²) in [6.07, 6.45) is 2.57. The van der Waals surface area contributed by atoms with Gasteiger partial charge in [-0.1, -0.05) is 11.3 Å². The molecule has 0 unspecified atom stereocenters. The molecule has 1 fully saturated rings. The maximum Gasteiger partial charge on any atom is 0.414 e.